The summed E-state index contributed by atoms with van der Waals surface area (Å²) in [5, 5.41) is 2.63. The summed E-state index contributed by atoms with van der Waals surface area (Å²) >= 11 is 0. The second kappa shape index (κ2) is 13.2. The van der Waals surface area contributed by atoms with Gasteiger partial charge in [0.25, 0.3) is 6.71 Å². The third-order valence-electron chi connectivity index (χ3n) is 13.0. The summed E-state index contributed by atoms with van der Waals surface area (Å²) in [6, 6.07) is 60.9. The van der Waals surface area contributed by atoms with E-state index in [1.807, 2.05) is 0 Å². The maximum atomic E-state index is 7.43. The average Bonchev–Trinajstić information content (AvgIpc) is 3.59. The van der Waals surface area contributed by atoms with Gasteiger partial charge in [0, 0.05) is 27.5 Å². The van der Waals surface area contributed by atoms with Crippen LogP contribution in [0.1, 0.15) is 58.2 Å². The minimum atomic E-state index is -0.0681. The number of aromatic nitrogens is 1. The molecule has 290 valence electrons. The van der Waals surface area contributed by atoms with Crippen LogP contribution in [0.15, 0.2) is 164 Å². The first kappa shape index (κ1) is 36.5. The average molecular weight is 774 g/mol. The van der Waals surface area contributed by atoms with Crippen molar-refractivity contribution in [2.45, 2.75) is 59.3 Å². The summed E-state index contributed by atoms with van der Waals surface area (Å²) in [7, 11) is 0. The number of hydrogen-bond donors (Lipinski definition) is 0. The van der Waals surface area contributed by atoms with Gasteiger partial charge in [-0.05, 0) is 126 Å². The van der Waals surface area contributed by atoms with E-state index in [0.29, 0.717) is 0 Å². The van der Waals surface area contributed by atoms with Gasteiger partial charge in [0.1, 0.15) is 11.5 Å². The van der Waals surface area contributed by atoms with Gasteiger partial charge in [0.05, 0.1) is 5.52 Å². The predicted molar refractivity (Wildman–Crippen MR) is 256 cm³/mol. The lowest BCUT2D eigenvalue weighted by Gasteiger charge is -2.36. The molecule has 3 heterocycles. The van der Waals surface area contributed by atoms with E-state index >= 15 is 0 Å². The molecule has 2 nitrogen and oxygen atoms in total. The largest absolute Gasteiger partial charge is 0.458 e. The molecule has 0 atom stereocenters. The summed E-state index contributed by atoms with van der Waals surface area (Å²) in [4.78, 5) is 0. The minimum Gasteiger partial charge on any atom is -0.458 e. The lowest BCUT2D eigenvalue weighted by atomic mass is 9.34. The summed E-state index contributed by atoms with van der Waals surface area (Å²) in [6.45, 7) is 16.1. The summed E-state index contributed by atoms with van der Waals surface area (Å²) < 4.78 is 9.99. The quantitative estimate of drug-likeness (QED) is 0.163. The molecule has 3 heteroatoms. The second-order valence-electron chi connectivity index (χ2n) is 19.0. The van der Waals surface area contributed by atoms with Crippen LogP contribution >= 0.6 is 0 Å². The van der Waals surface area contributed by atoms with E-state index in [-0.39, 0.29) is 17.5 Å². The standard InChI is InChI=1S/C57H48BNO/c1-35-28-51-53-52(29-35)60-55-47(44-25-17-16-23-42(44)37-20-12-9-13-21-37)30-38(43-24-15-14-22-41(43)36-18-10-8-11-19-36)31-49(55)58(53)48-34-40(57(5,6)7)33-46-45-32-39(56(2,3)4)26-27-50(45)59(51)54(46)48/h8-34H,1-7H3. The van der Waals surface area contributed by atoms with Gasteiger partial charge in [-0.1, -0.05) is 169 Å². The highest BCUT2D eigenvalue weighted by Crippen LogP contribution is 2.46. The zero-order chi connectivity index (χ0) is 41.1. The van der Waals surface area contributed by atoms with Gasteiger partial charge >= 0.3 is 0 Å². The van der Waals surface area contributed by atoms with Crippen LogP contribution in [-0.2, 0) is 10.8 Å². The van der Waals surface area contributed by atoms with Gasteiger partial charge in [-0.25, -0.2) is 0 Å². The van der Waals surface area contributed by atoms with Crippen LogP contribution in [0.25, 0.3) is 72.0 Å². The van der Waals surface area contributed by atoms with E-state index < -0.39 is 0 Å². The van der Waals surface area contributed by atoms with E-state index in [1.54, 1.807) is 0 Å². The molecule has 60 heavy (non-hydrogen) atoms. The molecular weight excluding hydrogens is 725 g/mol. The Hall–Kier alpha value is -6.58. The van der Waals surface area contributed by atoms with Gasteiger partial charge in [-0.3, -0.25) is 0 Å². The van der Waals surface area contributed by atoms with Crippen molar-refractivity contribution in [2.24, 2.45) is 0 Å². The lowest BCUT2D eigenvalue weighted by Crippen LogP contribution is -2.58. The molecule has 0 N–H and O–H groups in total. The lowest BCUT2D eigenvalue weighted by molar-refractivity contribution is 0.488. The van der Waals surface area contributed by atoms with Crippen LogP contribution in [0, 0.1) is 6.92 Å². The maximum absolute atomic E-state index is 7.43. The Kier molecular flexibility index (Phi) is 8.04. The SMILES string of the molecule is Cc1cc2c3c(c1)-n1c4ccc(C(C)(C)C)cc4c4cc(C(C)(C)C)cc(c41)B3c1cc(-c3ccccc3-c3ccccc3)cc(-c3ccccc3-c3ccccc3)c1O2. The van der Waals surface area contributed by atoms with Crippen molar-refractivity contribution in [1.82, 2.24) is 4.57 Å². The monoisotopic (exact) mass is 773 g/mol. The van der Waals surface area contributed by atoms with Crippen molar-refractivity contribution < 1.29 is 4.74 Å². The number of aryl methyl sites for hydroxylation is 1. The van der Waals surface area contributed by atoms with Crippen LogP contribution < -0.4 is 21.1 Å². The molecule has 0 bridgehead atoms. The van der Waals surface area contributed by atoms with E-state index in [1.165, 1.54) is 94.0 Å². The van der Waals surface area contributed by atoms with Gasteiger partial charge in [0.2, 0.25) is 0 Å². The first-order chi connectivity index (χ1) is 28.9. The van der Waals surface area contributed by atoms with E-state index in [4.69, 9.17) is 4.74 Å². The molecule has 9 aromatic rings. The third kappa shape index (κ3) is 5.63. The first-order valence-electron chi connectivity index (χ1n) is 21.4. The van der Waals surface area contributed by atoms with Crippen molar-refractivity contribution in [1.29, 1.82) is 0 Å². The van der Waals surface area contributed by atoms with Crippen LogP contribution in [0.5, 0.6) is 11.5 Å². The molecule has 11 rings (SSSR count). The topological polar surface area (TPSA) is 14.2 Å². The van der Waals surface area contributed by atoms with Crippen LogP contribution in [-0.4, -0.2) is 11.3 Å². The molecule has 0 fully saturated rings. The molecule has 0 saturated heterocycles. The molecular formula is C57H48BNO. The first-order valence-corrected chi connectivity index (χ1v) is 21.4. The third-order valence-corrected chi connectivity index (χ3v) is 13.0. The highest BCUT2D eigenvalue weighted by Gasteiger charge is 2.43. The minimum absolute atomic E-state index is 0.0199. The molecule has 0 spiro atoms. The highest BCUT2D eigenvalue weighted by atomic mass is 16.5. The van der Waals surface area contributed by atoms with E-state index in [9.17, 15) is 0 Å². The Labute approximate surface area is 354 Å². The maximum Gasteiger partial charge on any atom is 0.256 e. The van der Waals surface area contributed by atoms with Crippen molar-refractivity contribution in [3.63, 3.8) is 0 Å². The van der Waals surface area contributed by atoms with Crippen molar-refractivity contribution >= 4 is 44.9 Å². The molecule has 0 radical (unpaired) electrons. The normalized spacial score (nSPS) is 13.0. The second-order valence-corrected chi connectivity index (χ2v) is 19.0. The molecule has 0 amide bonds. The Morgan fingerprint density at radius 3 is 1.67 bits per heavy atom. The molecule has 0 aliphatic carbocycles. The number of fused-ring (bicyclic) bond motifs is 7. The van der Waals surface area contributed by atoms with Gasteiger partial charge in [-0.15, -0.1) is 0 Å². The predicted octanol–water partition coefficient (Wildman–Crippen LogP) is 13.3. The van der Waals surface area contributed by atoms with Gasteiger partial charge in [-0.2, -0.15) is 0 Å². The Bertz CT molecular complexity index is 3200. The molecule has 1 aromatic heterocycles. The van der Waals surface area contributed by atoms with Crippen LogP contribution in [0.3, 0.4) is 0 Å². The Balaban J connectivity index is 1.28. The fourth-order valence-electron chi connectivity index (χ4n) is 9.97. The van der Waals surface area contributed by atoms with Crippen molar-refractivity contribution in [3.8, 4) is 61.7 Å². The molecule has 2 aliphatic rings. The van der Waals surface area contributed by atoms with Crippen LogP contribution in [0.2, 0.25) is 0 Å². The molecule has 8 aromatic carbocycles. The molecule has 0 saturated carbocycles. The van der Waals surface area contributed by atoms with Crippen LogP contribution in [0.4, 0.5) is 0 Å². The Morgan fingerprint density at radius 1 is 0.467 bits per heavy atom. The number of nitrogens with zero attached hydrogens (tertiary/aromatic N) is 1. The number of benzene rings is 8. The highest BCUT2D eigenvalue weighted by molar-refractivity contribution is 6.99. The van der Waals surface area contributed by atoms with Gasteiger partial charge < -0.3 is 9.30 Å². The van der Waals surface area contributed by atoms with E-state index in [2.05, 4.69) is 217 Å². The van der Waals surface area contributed by atoms with Gasteiger partial charge in [0.15, 0.2) is 0 Å². The number of ether oxygens (including phenoxy) is 1. The molecule has 0 unspecified atom stereocenters. The zero-order valence-electron chi connectivity index (χ0n) is 35.5. The zero-order valence-corrected chi connectivity index (χ0v) is 35.5. The fraction of sp³-hybridized carbons (Fsp3) is 0.158. The van der Waals surface area contributed by atoms with Crippen molar-refractivity contribution in [3.05, 3.63) is 180 Å². The number of hydrogen-bond acceptors (Lipinski definition) is 1. The van der Waals surface area contributed by atoms with Crippen molar-refractivity contribution in [2.75, 3.05) is 0 Å². The Morgan fingerprint density at radius 2 is 1.03 bits per heavy atom. The summed E-state index contributed by atoms with van der Waals surface area (Å²) in [5.74, 6) is 1.87. The summed E-state index contributed by atoms with van der Waals surface area (Å²) in [6.07, 6.45) is 0. The summed E-state index contributed by atoms with van der Waals surface area (Å²) in [5.41, 5.74) is 20.8. The smallest absolute Gasteiger partial charge is 0.256 e. The fourth-order valence-corrected chi connectivity index (χ4v) is 9.97. The van der Waals surface area contributed by atoms with E-state index in [0.717, 1.165) is 22.6 Å². The number of rotatable bonds is 4. The molecule has 2 aliphatic heterocycles.